The van der Waals surface area contributed by atoms with E-state index in [1.54, 1.807) is 0 Å². The number of pyridine rings is 1. The normalized spacial score (nSPS) is 11.2. The number of para-hydroxylation sites is 1. The van der Waals surface area contributed by atoms with Gasteiger partial charge < -0.3 is 0 Å². The standard InChI is InChI=1S/C52H34N4/c1-5-16-36(17-6-1)43-26-14-28-45-47(43)46-29-15-27-44(49(46)53-48(45)38-18-7-2-8-19-38)37-32-30-35(31-33-37)41-24-13-25-42(34-41)52-55-50(39-20-9-3-10-21-39)54-51(56-52)40-22-11-4-12-23-40/h1-34H. The maximum absolute atomic E-state index is 5.45. The summed E-state index contributed by atoms with van der Waals surface area (Å²) in [5, 5.41) is 3.49. The summed E-state index contributed by atoms with van der Waals surface area (Å²) in [5.74, 6) is 1.92. The van der Waals surface area contributed by atoms with Gasteiger partial charge in [-0.1, -0.05) is 200 Å². The van der Waals surface area contributed by atoms with Gasteiger partial charge in [-0.2, -0.15) is 0 Å². The fourth-order valence-corrected chi connectivity index (χ4v) is 7.60. The summed E-state index contributed by atoms with van der Waals surface area (Å²) in [6.07, 6.45) is 0. The quantitative estimate of drug-likeness (QED) is 0.154. The zero-order valence-electron chi connectivity index (χ0n) is 30.4. The first-order valence-corrected chi connectivity index (χ1v) is 18.8. The molecule has 0 unspecified atom stereocenters. The molecule has 0 N–H and O–H groups in total. The number of fused-ring (bicyclic) bond motifs is 3. The zero-order chi connectivity index (χ0) is 37.3. The summed E-state index contributed by atoms with van der Waals surface area (Å²) in [4.78, 5) is 20.2. The topological polar surface area (TPSA) is 51.6 Å². The van der Waals surface area contributed by atoms with E-state index in [0.717, 1.165) is 66.5 Å². The molecule has 0 amide bonds. The van der Waals surface area contributed by atoms with Gasteiger partial charge in [-0.15, -0.1) is 0 Å². The van der Waals surface area contributed by atoms with Crippen molar-refractivity contribution in [3.63, 3.8) is 0 Å². The van der Waals surface area contributed by atoms with E-state index < -0.39 is 0 Å². The van der Waals surface area contributed by atoms with Crippen LogP contribution >= 0.6 is 0 Å². The Morgan fingerprint density at radius 3 is 1.29 bits per heavy atom. The Balaban J connectivity index is 1.07. The minimum Gasteiger partial charge on any atom is -0.246 e. The largest absolute Gasteiger partial charge is 0.246 e. The van der Waals surface area contributed by atoms with Gasteiger partial charge in [-0.05, 0) is 33.9 Å². The Bertz CT molecular complexity index is 2930. The lowest BCUT2D eigenvalue weighted by Gasteiger charge is -2.16. The number of hydrogen-bond donors (Lipinski definition) is 0. The van der Waals surface area contributed by atoms with E-state index in [2.05, 4.69) is 146 Å². The average Bonchev–Trinajstić information content (AvgIpc) is 3.29. The Hall–Kier alpha value is -7.56. The molecule has 0 aliphatic carbocycles. The molecule has 0 atom stereocenters. The number of aromatic nitrogens is 4. The highest BCUT2D eigenvalue weighted by Gasteiger charge is 2.18. The Morgan fingerprint density at radius 1 is 0.250 bits per heavy atom. The van der Waals surface area contributed by atoms with Crippen LogP contribution in [0.5, 0.6) is 0 Å². The van der Waals surface area contributed by atoms with Crippen molar-refractivity contribution >= 4 is 21.7 Å². The molecule has 0 aliphatic rings. The van der Waals surface area contributed by atoms with Gasteiger partial charge in [0, 0.05) is 44.0 Å². The molecule has 0 saturated heterocycles. The highest BCUT2D eigenvalue weighted by atomic mass is 15.0. The SMILES string of the molecule is c1ccc(-c2nc(-c3ccccc3)nc(-c3cccc(-c4ccc(-c5cccc6c5nc(-c5ccccc5)c5cccc(-c7ccccc7)c56)cc4)c3)n2)cc1. The van der Waals surface area contributed by atoms with Crippen LogP contribution in [0, 0.1) is 0 Å². The van der Waals surface area contributed by atoms with Crippen LogP contribution in [0.2, 0.25) is 0 Å². The van der Waals surface area contributed by atoms with Gasteiger partial charge >= 0.3 is 0 Å². The first-order chi connectivity index (χ1) is 27.8. The third kappa shape index (κ3) is 6.19. The van der Waals surface area contributed by atoms with Crippen molar-refractivity contribution in [2.75, 3.05) is 0 Å². The maximum atomic E-state index is 5.45. The molecule has 0 radical (unpaired) electrons. The molecule has 2 heterocycles. The Morgan fingerprint density at radius 2 is 0.679 bits per heavy atom. The average molecular weight is 715 g/mol. The summed E-state index contributed by atoms with van der Waals surface area (Å²) >= 11 is 0. The molecule has 0 fully saturated rings. The van der Waals surface area contributed by atoms with E-state index in [9.17, 15) is 0 Å². The van der Waals surface area contributed by atoms with Gasteiger partial charge in [0.15, 0.2) is 17.5 Å². The fourth-order valence-electron chi connectivity index (χ4n) is 7.60. The van der Waals surface area contributed by atoms with Gasteiger partial charge in [0.1, 0.15) is 0 Å². The lowest BCUT2D eigenvalue weighted by Crippen LogP contribution is -2.00. The first kappa shape index (κ1) is 33.0. The number of hydrogen-bond acceptors (Lipinski definition) is 4. The molecule has 0 spiro atoms. The predicted molar refractivity (Wildman–Crippen MR) is 231 cm³/mol. The molecule has 4 heteroatoms. The fraction of sp³-hybridized carbons (Fsp3) is 0. The molecule has 8 aromatic carbocycles. The molecular weight excluding hydrogens is 681 g/mol. The monoisotopic (exact) mass is 714 g/mol. The van der Waals surface area contributed by atoms with E-state index in [-0.39, 0.29) is 0 Å². The van der Waals surface area contributed by atoms with Crippen LogP contribution in [0.1, 0.15) is 0 Å². The maximum Gasteiger partial charge on any atom is 0.164 e. The minimum absolute atomic E-state index is 0.634. The lowest BCUT2D eigenvalue weighted by molar-refractivity contribution is 1.07. The van der Waals surface area contributed by atoms with Gasteiger partial charge in [-0.25, -0.2) is 19.9 Å². The number of rotatable bonds is 7. The highest BCUT2D eigenvalue weighted by molar-refractivity contribution is 6.19. The van der Waals surface area contributed by atoms with Crippen molar-refractivity contribution in [2.45, 2.75) is 0 Å². The van der Waals surface area contributed by atoms with Gasteiger partial charge in [-0.3, -0.25) is 0 Å². The molecular formula is C52H34N4. The van der Waals surface area contributed by atoms with Crippen LogP contribution in [0.4, 0.5) is 0 Å². The van der Waals surface area contributed by atoms with Crippen molar-refractivity contribution < 1.29 is 0 Å². The van der Waals surface area contributed by atoms with E-state index in [0.29, 0.717) is 17.5 Å². The van der Waals surface area contributed by atoms with Crippen LogP contribution in [0.25, 0.3) is 100 Å². The van der Waals surface area contributed by atoms with Crippen molar-refractivity contribution in [3.8, 4) is 78.8 Å². The predicted octanol–water partition coefficient (Wildman–Crippen LogP) is 13.2. The van der Waals surface area contributed by atoms with Crippen LogP contribution in [0.15, 0.2) is 206 Å². The second kappa shape index (κ2) is 14.3. The van der Waals surface area contributed by atoms with E-state index >= 15 is 0 Å². The van der Waals surface area contributed by atoms with Crippen molar-refractivity contribution in [3.05, 3.63) is 206 Å². The van der Waals surface area contributed by atoms with Gasteiger partial charge in [0.2, 0.25) is 0 Å². The molecule has 262 valence electrons. The number of benzene rings is 8. The van der Waals surface area contributed by atoms with Crippen molar-refractivity contribution in [2.24, 2.45) is 0 Å². The van der Waals surface area contributed by atoms with Crippen molar-refractivity contribution in [1.29, 1.82) is 0 Å². The molecule has 2 aromatic heterocycles. The first-order valence-electron chi connectivity index (χ1n) is 18.8. The summed E-state index contributed by atoms with van der Waals surface area (Å²) < 4.78 is 0. The van der Waals surface area contributed by atoms with E-state index in [1.165, 1.54) is 16.5 Å². The van der Waals surface area contributed by atoms with Crippen LogP contribution < -0.4 is 0 Å². The Labute approximate surface area is 325 Å². The van der Waals surface area contributed by atoms with Crippen LogP contribution in [-0.2, 0) is 0 Å². The van der Waals surface area contributed by atoms with Crippen molar-refractivity contribution in [1.82, 2.24) is 19.9 Å². The van der Waals surface area contributed by atoms with Crippen LogP contribution in [0.3, 0.4) is 0 Å². The van der Waals surface area contributed by atoms with Crippen LogP contribution in [-0.4, -0.2) is 19.9 Å². The smallest absolute Gasteiger partial charge is 0.164 e. The third-order valence-electron chi connectivity index (χ3n) is 10.3. The highest BCUT2D eigenvalue weighted by Crippen LogP contribution is 2.41. The number of nitrogens with zero attached hydrogens (tertiary/aromatic N) is 4. The lowest BCUT2D eigenvalue weighted by atomic mass is 9.91. The molecule has 0 aliphatic heterocycles. The molecule has 56 heavy (non-hydrogen) atoms. The minimum atomic E-state index is 0.634. The summed E-state index contributed by atoms with van der Waals surface area (Å²) in [6.45, 7) is 0. The zero-order valence-corrected chi connectivity index (χ0v) is 30.4. The summed E-state index contributed by atoms with van der Waals surface area (Å²) in [5.41, 5.74) is 12.7. The second-order valence-electron chi connectivity index (χ2n) is 13.8. The second-order valence-corrected chi connectivity index (χ2v) is 13.8. The third-order valence-corrected chi connectivity index (χ3v) is 10.3. The Kier molecular flexibility index (Phi) is 8.47. The van der Waals surface area contributed by atoms with Gasteiger partial charge in [0.05, 0.1) is 11.2 Å². The van der Waals surface area contributed by atoms with E-state index in [4.69, 9.17) is 19.9 Å². The summed E-state index contributed by atoms with van der Waals surface area (Å²) in [6, 6.07) is 71.7. The molecule has 0 bridgehead atoms. The molecule has 10 rings (SSSR count). The molecule has 0 saturated carbocycles. The summed E-state index contributed by atoms with van der Waals surface area (Å²) in [7, 11) is 0. The van der Waals surface area contributed by atoms with E-state index in [1.807, 2.05) is 60.7 Å². The van der Waals surface area contributed by atoms with Gasteiger partial charge in [0.25, 0.3) is 0 Å². The molecule has 4 nitrogen and oxygen atoms in total. The molecule has 10 aromatic rings.